The topological polar surface area (TPSA) is 73.3 Å². The SMILES string of the molecule is Cc1c(C(N)=O)oc2c1C(=O)CC(C)(C)C2. The number of rotatable bonds is 1. The summed E-state index contributed by atoms with van der Waals surface area (Å²) in [5.41, 5.74) is 6.24. The second-order valence-corrected chi connectivity index (χ2v) is 5.16. The van der Waals surface area contributed by atoms with Crippen LogP contribution in [-0.4, -0.2) is 11.7 Å². The summed E-state index contributed by atoms with van der Waals surface area (Å²) in [6, 6.07) is 0. The molecule has 1 aliphatic rings. The van der Waals surface area contributed by atoms with E-state index in [0.29, 0.717) is 29.7 Å². The molecule has 4 nitrogen and oxygen atoms in total. The molecule has 0 aliphatic heterocycles. The van der Waals surface area contributed by atoms with Crippen LogP contribution in [0.4, 0.5) is 0 Å². The van der Waals surface area contributed by atoms with Gasteiger partial charge < -0.3 is 10.2 Å². The molecule has 0 fully saturated rings. The van der Waals surface area contributed by atoms with Crippen LogP contribution in [0.1, 0.15) is 52.5 Å². The van der Waals surface area contributed by atoms with E-state index in [1.807, 2.05) is 13.8 Å². The molecule has 0 saturated carbocycles. The summed E-state index contributed by atoms with van der Waals surface area (Å²) in [6.45, 7) is 5.73. The fourth-order valence-corrected chi connectivity index (χ4v) is 2.32. The van der Waals surface area contributed by atoms with Gasteiger partial charge in [-0.1, -0.05) is 13.8 Å². The number of Topliss-reactive ketones (excluding diaryl/α,β-unsaturated/α-hetero) is 1. The van der Waals surface area contributed by atoms with Gasteiger partial charge in [-0.25, -0.2) is 0 Å². The Hall–Kier alpha value is -1.58. The normalized spacial score (nSPS) is 18.3. The van der Waals surface area contributed by atoms with Gasteiger partial charge in [0.1, 0.15) is 5.76 Å². The molecule has 0 unspecified atom stereocenters. The van der Waals surface area contributed by atoms with Crippen molar-refractivity contribution in [1.82, 2.24) is 0 Å². The van der Waals surface area contributed by atoms with Crippen LogP contribution in [-0.2, 0) is 6.42 Å². The monoisotopic (exact) mass is 221 g/mol. The molecule has 0 aromatic carbocycles. The molecule has 4 heteroatoms. The van der Waals surface area contributed by atoms with Crippen molar-refractivity contribution in [2.24, 2.45) is 11.1 Å². The highest BCUT2D eigenvalue weighted by Crippen LogP contribution is 2.38. The Kier molecular flexibility index (Phi) is 2.19. The summed E-state index contributed by atoms with van der Waals surface area (Å²) in [4.78, 5) is 23.1. The van der Waals surface area contributed by atoms with E-state index in [1.54, 1.807) is 6.92 Å². The Labute approximate surface area is 93.8 Å². The molecule has 0 saturated heterocycles. The maximum absolute atomic E-state index is 11.9. The lowest BCUT2D eigenvalue weighted by molar-refractivity contribution is 0.0897. The first-order valence-corrected chi connectivity index (χ1v) is 5.27. The highest BCUT2D eigenvalue weighted by molar-refractivity contribution is 6.03. The van der Waals surface area contributed by atoms with E-state index in [1.165, 1.54) is 0 Å². The van der Waals surface area contributed by atoms with Crippen LogP contribution < -0.4 is 5.73 Å². The van der Waals surface area contributed by atoms with Crippen LogP contribution in [0.15, 0.2) is 4.42 Å². The molecule has 16 heavy (non-hydrogen) atoms. The average Bonchev–Trinajstić information content (AvgIpc) is 2.40. The summed E-state index contributed by atoms with van der Waals surface area (Å²) < 4.78 is 5.41. The molecule has 1 aromatic heterocycles. The summed E-state index contributed by atoms with van der Waals surface area (Å²) in [5.74, 6) is 0.154. The van der Waals surface area contributed by atoms with Crippen molar-refractivity contribution >= 4 is 11.7 Å². The number of ketones is 1. The number of furan rings is 1. The Morgan fingerprint density at radius 1 is 1.38 bits per heavy atom. The van der Waals surface area contributed by atoms with Crippen molar-refractivity contribution in [3.63, 3.8) is 0 Å². The van der Waals surface area contributed by atoms with Gasteiger partial charge in [0.25, 0.3) is 5.91 Å². The highest BCUT2D eigenvalue weighted by Gasteiger charge is 2.36. The number of carbonyl (C=O) groups is 2. The van der Waals surface area contributed by atoms with Gasteiger partial charge in [-0.3, -0.25) is 9.59 Å². The van der Waals surface area contributed by atoms with Gasteiger partial charge in [-0.2, -0.15) is 0 Å². The first-order valence-electron chi connectivity index (χ1n) is 5.27. The number of primary amides is 1. The number of hydrogen-bond acceptors (Lipinski definition) is 3. The highest BCUT2D eigenvalue weighted by atomic mass is 16.4. The molecule has 86 valence electrons. The third kappa shape index (κ3) is 1.54. The van der Waals surface area contributed by atoms with Crippen molar-refractivity contribution in [3.8, 4) is 0 Å². The number of carbonyl (C=O) groups excluding carboxylic acids is 2. The van der Waals surface area contributed by atoms with Gasteiger partial charge in [-0.05, 0) is 12.3 Å². The lowest BCUT2D eigenvalue weighted by Crippen LogP contribution is -2.26. The molecule has 2 N–H and O–H groups in total. The Morgan fingerprint density at radius 3 is 2.56 bits per heavy atom. The first-order chi connectivity index (χ1) is 7.32. The van der Waals surface area contributed by atoms with E-state index in [-0.39, 0.29) is 17.0 Å². The van der Waals surface area contributed by atoms with Crippen LogP contribution in [0.2, 0.25) is 0 Å². The van der Waals surface area contributed by atoms with E-state index in [9.17, 15) is 9.59 Å². The Balaban J connectivity index is 2.58. The Bertz CT molecular complexity index is 483. The first kappa shape index (κ1) is 10.9. The molecule has 0 bridgehead atoms. The lowest BCUT2D eigenvalue weighted by Gasteiger charge is -2.27. The minimum atomic E-state index is -0.613. The molecule has 0 atom stereocenters. The van der Waals surface area contributed by atoms with Crippen molar-refractivity contribution in [1.29, 1.82) is 0 Å². The van der Waals surface area contributed by atoms with Crippen LogP contribution in [0, 0.1) is 12.3 Å². The van der Waals surface area contributed by atoms with Gasteiger partial charge in [-0.15, -0.1) is 0 Å². The van der Waals surface area contributed by atoms with E-state index < -0.39 is 5.91 Å². The number of hydrogen-bond donors (Lipinski definition) is 1. The third-order valence-electron chi connectivity index (χ3n) is 3.00. The van der Waals surface area contributed by atoms with Crippen molar-refractivity contribution in [2.75, 3.05) is 0 Å². The maximum atomic E-state index is 11.9. The minimum absolute atomic E-state index is 0.0417. The van der Waals surface area contributed by atoms with Gasteiger partial charge >= 0.3 is 0 Å². The molecule has 2 rings (SSSR count). The predicted octanol–water partition coefficient (Wildman–Crippen LogP) is 1.84. The number of fused-ring (bicyclic) bond motifs is 1. The van der Waals surface area contributed by atoms with E-state index >= 15 is 0 Å². The van der Waals surface area contributed by atoms with E-state index in [4.69, 9.17) is 10.2 Å². The molecule has 1 aromatic rings. The predicted molar refractivity (Wildman–Crippen MR) is 58.4 cm³/mol. The summed E-state index contributed by atoms with van der Waals surface area (Å²) in [5, 5.41) is 0. The maximum Gasteiger partial charge on any atom is 0.284 e. The van der Waals surface area contributed by atoms with Gasteiger partial charge in [0.05, 0.1) is 5.56 Å². The van der Waals surface area contributed by atoms with Gasteiger partial charge in [0.2, 0.25) is 0 Å². The second-order valence-electron chi connectivity index (χ2n) is 5.16. The Morgan fingerprint density at radius 2 is 2.00 bits per heavy atom. The molecule has 1 amide bonds. The summed E-state index contributed by atoms with van der Waals surface area (Å²) in [7, 11) is 0. The summed E-state index contributed by atoms with van der Waals surface area (Å²) >= 11 is 0. The molecule has 0 radical (unpaired) electrons. The molecular formula is C12H15NO3. The summed E-state index contributed by atoms with van der Waals surface area (Å²) in [6.07, 6.45) is 1.15. The van der Waals surface area contributed by atoms with Crippen LogP contribution in [0.3, 0.4) is 0 Å². The third-order valence-corrected chi connectivity index (χ3v) is 3.00. The van der Waals surface area contributed by atoms with E-state index in [0.717, 1.165) is 0 Å². The average molecular weight is 221 g/mol. The molecular weight excluding hydrogens is 206 g/mol. The molecule has 1 aliphatic carbocycles. The van der Waals surface area contributed by atoms with Crippen molar-refractivity contribution < 1.29 is 14.0 Å². The van der Waals surface area contributed by atoms with E-state index in [2.05, 4.69) is 0 Å². The smallest absolute Gasteiger partial charge is 0.284 e. The van der Waals surface area contributed by atoms with Crippen LogP contribution in [0.5, 0.6) is 0 Å². The fraction of sp³-hybridized carbons (Fsp3) is 0.500. The standard InChI is InChI=1S/C12H15NO3/c1-6-9-7(14)4-12(2,3)5-8(9)16-10(6)11(13)15/h4-5H2,1-3H3,(H2,13,15). The fourth-order valence-electron chi connectivity index (χ4n) is 2.32. The zero-order valence-electron chi connectivity index (χ0n) is 9.72. The van der Waals surface area contributed by atoms with Crippen molar-refractivity contribution in [2.45, 2.75) is 33.6 Å². The number of nitrogens with two attached hydrogens (primary N) is 1. The molecule has 0 spiro atoms. The minimum Gasteiger partial charge on any atom is -0.455 e. The number of amides is 1. The van der Waals surface area contributed by atoms with Crippen molar-refractivity contribution in [3.05, 3.63) is 22.6 Å². The zero-order chi connectivity index (χ0) is 12.1. The zero-order valence-corrected chi connectivity index (χ0v) is 9.72. The van der Waals surface area contributed by atoms with Crippen LogP contribution in [0.25, 0.3) is 0 Å². The van der Waals surface area contributed by atoms with Gasteiger partial charge in [0, 0.05) is 18.4 Å². The van der Waals surface area contributed by atoms with Crippen LogP contribution >= 0.6 is 0 Å². The lowest BCUT2D eigenvalue weighted by atomic mass is 9.76. The largest absolute Gasteiger partial charge is 0.455 e. The quantitative estimate of drug-likeness (QED) is 0.786. The second kappa shape index (κ2) is 3.20. The molecule has 1 heterocycles. The van der Waals surface area contributed by atoms with Gasteiger partial charge in [0.15, 0.2) is 11.5 Å².